The van der Waals surface area contributed by atoms with Gasteiger partial charge in [0.25, 0.3) is 0 Å². The van der Waals surface area contributed by atoms with Gasteiger partial charge in [-0.2, -0.15) is 0 Å². The molecule has 2 aromatic carbocycles. The van der Waals surface area contributed by atoms with E-state index >= 15 is 0 Å². The van der Waals surface area contributed by atoms with E-state index in [1.807, 2.05) is 0 Å². The van der Waals surface area contributed by atoms with Gasteiger partial charge in [-0.05, 0) is 57.0 Å². The molecule has 0 aliphatic carbocycles. The number of carbonyl (C=O) groups is 4. The lowest BCUT2D eigenvalue weighted by Gasteiger charge is -2.20. The molecule has 2 aromatic rings. The summed E-state index contributed by atoms with van der Waals surface area (Å²) in [6.45, 7) is 5.25. The molecule has 0 aromatic heterocycles. The molecule has 0 spiro atoms. The summed E-state index contributed by atoms with van der Waals surface area (Å²) in [6.07, 6.45) is -2.41. The maximum Gasteiger partial charge on any atom is 0.513 e. The third kappa shape index (κ3) is 9.80. The molecule has 11 heteroatoms. The minimum absolute atomic E-state index is 0.0701. The Kier molecular flexibility index (Phi) is 11.9. The number of methoxy groups -OCH3 is 1. The van der Waals surface area contributed by atoms with Crippen molar-refractivity contribution < 1.29 is 47.6 Å². The molecule has 2 rings (SSSR count). The second kappa shape index (κ2) is 15.1. The largest absolute Gasteiger partial charge is 0.513 e. The van der Waals surface area contributed by atoms with Crippen LogP contribution in [0.5, 0.6) is 11.5 Å². The van der Waals surface area contributed by atoms with Crippen molar-refractivity contribution in [1.29, 1.82) is 0 Å². The number of rotatable bonds is 12. The van der Waals surface area contributed by atoms with E-state index in [1.165, 1.54) is 19.2 Å². The predicted molar refractivity (Wildman–Crippen MR) is 131 cm³/mol. The molecular formula is C26H31NO10. The van der Waals surface area contributed by atoms with E-state index in [1.54, 1.807) is 57.2 Å². The van der Waals surface area contributed by atoms with Crippen molar-refractivity contribution in [2.24, 2.45) is 0 Å². The highest BCUT2D eigenvalue weighted by Crippen LogP contribution is 2.30. The SMILES string of the molecule is CCOC(=O)Oc1ccc(C[C@H](NCC(C)OC(=O)c2ccccc2)C(=O)OC)cc1OC(=O)OCC. The van der Waals surface area contributed by atoms with Crippen molar-refractivity contribution in [3.8, 4) is 11.5 Å². The first-order valence-corrected chi connectivity index (χ1v) is 11.7. The Hall–Kier alpha value is -4.12. The zero-order valence-electron chi connectivity index (χ0n) is 21.2. The van der Waals surface area contributed by atoms with Gasteiger partial charge in [-0.3, -0.25) is 4.79 Å². The summed E-state index contributed by atoms with van der Waals surface area (Å²) in [5, 5.41) is 3.03. The lowest BCUT2D eigenvalue weighted by Crippen LogP contribution is -2.43. The molecule has 1 N–H and O–H groups in total. The van der Waals surface area contributed by atoms with Crippen LogP contribution >= 0.6 is 0 Å². The Morgan fingerprint density at radius 1 is 0.865 bits per heavy atom. The van der Waals surface area contributed by atoms with Gasteiger partial charge in [0.1, 0.15) is 12.1 Å². The van der Waals surface area contributed by atoms with Crippen LogP contribution in [0.15, 0.2) is 48.5 Å². The second-order valence-corrected chi connectivity index (χ2v) is 7.62. The van der Waals surface area contributed by atoms with Gasteiger partial charge in [0.15, 0.2) is 11.5 Å². The van der Waals surface area contributed by atoms with Crippen LogP contribution in [-0.2, 0) is 30.2 Å². The maximum absolute atomic E-state index is 12.4. The summed E-state index contributed by atoms with van der Waals surface area (Å²) in [4.78, 5) is 48.3. The molecule has 0 saturated carbocycles. The fourth-order valence-electron chi connectivity index (χ4n) is 3.11. The second-order valence-electron chi connectivity index (χ2n) is 7.62. The van der Waals surface area contributed by atoms with E-state index in [2.05, 4.69) is 5.32 Å². The minimum Gasteiger partial charge on any atom is -0.468 e. The monoisotopic (exact) mass is 517 g/mol. The molecular weight excluding hydrogens is 486 g/mol. The van der Waals surface area contributed by atoms with Gasteiger partial charge in [-0.25, -0.2) is 14.4 Å². The molecule has 0 radical (unpaired) electrons. The Morgan fingerprint density at radius 2 is 1.49 bits per heavy atom. The number of hydrogen-bond donors (Lipinski definition) is 1. The Balaban J connectivity index is 2.12. The third-order valence-corrected chi connectivity index (χ3v) is 4.81. The van der Waals surface area contributed by atoms with E-state index in [0.29, 0.717) is 11.1 Å². The lowest BCUT2D eigenvalue weighted by molar-refractivity contribution is -0.143. The van der Waals surface area contributed by atoms with Crippen LogP contribution in [-0.4, -0.2) is 63.3 Å². The third-order valence-electron chi connectivity index (χ3n) is 4.81. The average Bonchev–Trinajstić information content (AvgIpc) is 2.88. The first kappa shape index (κ1) is 29.1. The highest BCUT2D eigenvalue weighted by Gasteiger charge is 2.23. The number of esters is 2. The average molecular weight is 518 g/mol. The highest BCUT2D eigenvalue weighted by atomic mass is 16.7. The fraction of sp³-hybridized carbons (Fsp3) is 0.385. The zero-order chi connectivity index (χ0) is 27.2. The van der Waals surface area contributed by atoms with Gasteiger partial charge in [0.2, 0.25) is 0 Å². The summed E-state index contributed by atoms with van der Waals surface area (Å²) in [7, 11) is 1.25. The summed E-state index contributed by atoms with van der Waals surface area (Å²) >= 11 is 0. The standard InChI is InChI=1S/C26H31NO10/c1-5-33-25(30)36-21-13-12-18(15-22(21)37-26(31)34-6-2)14-20(24(29)32-4)27-16-17(3)35-23(28)19-10-8-7-9-11-19/h7-13,15,17,20,27H,5-6,14,16H2,1-4H3/t17?,20-/m0/s1. The van der Waals surface area contributed by atoms with Gasteiger partial charge in [0, 0.05) is 6.54 Å². The molecule has 200 valence electrons. The summed E-state index contributed by atoms with van der Waals surface area (Å²) in [5.41, 5.74) is 0.963. The van der Waals surface area contributed by atoms with Crippen LogP contribution < -0.4 is 14.8 Å². The molecule has 2 atom stereocenters. The molecule has 0 saturated heterocycles. The number of ether oxygens (including phenoxy) is 6. The van der Waals surface area contributed by atoms with Crippen LogP contribution in [0.4, 0.5) is 9.59 Å². The first-order chi connectivity index (χ1) is 17.8. The van der Waals surface area contributed by atoms with Crippen LogP contribution in [0, 0.1) is 0 Å². The van der Waals surface area contributed by atoms with Crippen molar-refractivity contribution in [2.45, 2.75) is 39.3 Å². The summed E-state index contributed by atoms with van der Waals surface area (Å²) < 4.78 is 30.1. The van der Waals surface area contributed by atoms with Crippen LogP contribution in [0.3, 0.4) is 0 Å². The molecule has 1 unspecified atom stereocenters. The topological polar surface area (TPSA) is 136 Å². The van der Waals surface area contributed by atoms with Crippen molar-refractivity contribution in [3.05, 3.63) is 59.7 Å². The molecule has 0 fully saturated rings. The van der Waals surface area contributed by atoms with Gasteiger partial charge in [-0.1, -0.05) is 24.3 Å². The number of hydrogen-bond acceptors (Lipinski definition) is 11. The van der Waals surface area contributed by atoms with Gasteiger partial charge in [0.05, 0.1) is 25.9 Å². The quantitative estimate of drug-likeness (QED) is 0.251. The number of nitrogens with one attached hydrogen (secondary N) is 1. The summed E-state index contributed by atoms with van der Waals surface area (Å²) in [6, 6.07) is 12.1. The molecule has 37 heavy (non-hydrogen) atoms. The molecule has 0 heterocycles. The number of benzene rings is 2. The lowest BCUT2D eigenvalue weighted by atomic mass is 10.0. The van der Waals surface area contributed by atoms with Crippen molar-refractivity contribution >= 4 is 24.2 Å². The summed E-state index contributed by atoms with van der Waals surface area (Å²) in [5.74, 6) is -1.21. The van der Waals surface area contributed by atoms with E-state index in [0.717, 1.165) is 0 Å². The Labute approximate surface area is 214 Å². The fourth-order valence-corrected chi connectivity index (χ4v) is 3.11. The molecule has 0 aliphatic heterocycles. The van der Waals surface area contributed by atoms with E-state index in [4.69, 9.17) is 28.4 Å². The van der Waals surface area contributed by atoms with Crippen molar-refractivity contribution in [2.75, 3.05) is 26.9 Å². The van der Waals surface area contributed by atoms with Crippen LogP contribution in [0.25, 0.3) is 0 Å². The van der Waals surface area contributed by atoms with Crippen LogP contribution in [0.2, 0.25) is 0 Å². The van der Waals surface area contributed by atoms with E-state index in [9.17, 15) is 19.2 Å². The predicted octanol–water partition coefficient (Wildman–Crippen LogP) is 3.68. The molecule has 11 nitrogen and oxygen atoms in total. The van der Waals surface area contributed by atoms with Crippen molar-refractivity contribution in [3.63, 3.8) is 0 Å². The van der Waals surface area contributed by atoms with E-state index < -0.39 is 36.4 Å². The minimum atomic E-state index is -0.995. The zero-order valence-corrected chi connectivity index (χ0v) is 21.2. The Morgan fingerprint density at radius 3 is 2.08 bits per heavy atom. The molecule has 0 bridgehead atoms. The first-order valence-electron chi connectivity index (χ1n) is 11.7. The normalized spacial score (nSPS) is 12.0. The molecule has 0 aliphatic rings. The van der Waals surface area contributed by atoms with Gasteiger partial charge in [-0.15, -0.1) is 0 Å². The highest BCUT2D eigenvalue weighted by molar-refractivity contribution is 5.89. The van der Waals surface area contributed by atoms with E-state index in [-0.39, 0.29) is 37.7 Å². The molecule has 0 amide bonds. The Bertz CT molecular complexity index is 1060. The van der Waals surface area contributed by atoms with Crippen LogP contribution in [0.1, 0.15) is 36.7 Å². The number of carbonyl (C=O) groups excluding carboxylic acids is 4. The maximum atomic E-state index is 12.4. The smallest absolute Gasteiger partial charge is 0.468 e. The van der Waals surface area contributed by atoms with Gasteiger partial charge >= 0.3 is 24.2 Å². The van der Waals surface area contributed by atoms with Gasteiger partial charge < -0.3 is 33.7 Å². The van der Waals surface area contributed by atoms with Crippen molar-refractivity contribution in [1.82, 2.24) is 5.32 Å².